The Labute approximate surface area is 151 Å². The Hall–Kier alpha value is -2.42. The van der Waals surface area contributed by atoms with Gasteiger partial charge in [-0.2, -0.15) is 0 Å². The van der Waals surface area contributed by atoms with Crippen molar-refractivity contribution in [3.63, 3.8) is 0 Å². The third-order valence-corrected chi connectivity index (χ3v) is 3.49. The first kappa shape index (κ1) is 21.6. The van der Waals surface area contributed by atoms with Crippen molar-refractivity contribution in [2.75, 3.05) is 6.61 Å². The van der Waals surface area contributed by atoms with E-state index in [1.165, 1.54) is 27.7 Å². The molecule has 1 aliphatic heterocycles. The zero-order valence-electron chi connectivity index (χ0n) is 15.3. The van der Waals surface area contributed by atoms with Crippen LogP contribution in [0.15, 0.2) is 12.7 Å². The highest BCUT2D eigenvalue weighted by Gasteiger charge is 2.51. The average Bonchev–Trinajstić information content (AvgIpc) is 2.50. The summed E-state index contributed by atoms with van der Waals surface area (Å²) >= 11 is 0. The summed E-state index contributed by atoms with van der Waals surface area (Å²) < 4.78 is 26.6. The molecule has 1 rings (SSSR count). The standard InChI is InChI=1S/C17H24O9/c1-6-7-13-15(23-10(3)19)17(25-12(5)21)16(24-11(4)20)14(26-13)8-22-9(2)18/h6,13-17H,1,7-8H2,2-5H3/t13-,14?,15?,16-,17+/m0/s1. The Morgan fingerprint density at radius 1 is 0.808 bits per heavy atom. The minimum atomic E-state index is -1.13. The predicted molar refractivity (Wildman–Crippen MR) is 86.8 cm³/mol. The molecule has 0 aromatic rings. The summed E-state index contributed by atoms with van der Waals surface area (Å²) in [6.07, 6.45) is -3.11. The summed E-state index contributed by atoms with van der Waals surface area (Å²) in [5, 5.41) is 0. The molecule has 0 aromatic heterocycles. The van der Waals surface area contributed by atoms with E-state index in [2.05, 4.69) is 6.58 Å². The fourth-order valence-corrected chi connectivity index (χ4v) is 2.67. The maximum absolute atomic E-state index is 11.6. The van der Waals surface area contributed by atoms with Crippen molar-refractivity contribution in [1.82, 2.24) is 0 Å². The first-order valence-corrected chi connectivity index (χ1v) is 8.07. The minimum absolute atomic E-state index is 0.231. The summed E-state index contributed by atoms with van der Waals surface area (Å²) in [5.74, 6) is -2.49. The average molecular weight is 372 g/mol. The zero-order valence-corrected chi connectivity index (χ0v) is 15.3. The first-order valence-electron chi connectivity index (χ1n) is 8.07. The van der Waals surface area contributed by atoms with Gasteiger partial charge in [-0.3, -0.25) is 19.2 Å². The van der Waals surface area contributed by atoms with Gasteiger partial charge in [-0.25, -0.2) is 0 Å². The SMILES string of the molecule is C=CC[C@@H]1OC(COC(C)=O)[C@H](OC(C)=O)[C@H](OC(C)=O)C1OC(C)=O. The van der Waals surface area contributed by atoms with Crippen molar-refractivity contribution in [2.45, 2.75) is 64.6 Å². The number of carbonyl (C=O) groups excluding carboxylic acids is 4. The molecule has 0 radical (unpaired) electrons. The lowest BCUT2D eigenvalue weighted by molar-refractivity contribution is -0.251. The lowest BCUT2D eigenvalue weighted by Gasteiger charge is -2.44. The summed E-state index contributed by atoms with van der Waals surface area (Å²) in [4.78, 5) is 45.7. The second-order valence-electron chi connectivity index (χ2n) is 5.76. The Kier molecular flexibility index (Phi) is 8.24. The molecule has 146 valence electrons. The van der Waals surface area contributed by atoms with Crippen LogP contribution in [0.3, 0.4) is 0 Å². The Balaban J connectivity index is 3.24. The molecule has 9 heteroatoms. The van der Waals surface area contributed by atoms with E-state index >= 15 is 0 Å². The second-order valence-corrected chi connectivity index (χ2v) is 5.76. The van der Waals surface area contributed by atoms with Gasteiger partial charge >= 0.3 is 23.9 Å². The maximum atomic E-state index is 11.6. The van der Waals surface area contributed by atoms with Crippen molar-refractivity contribution < 1.29 is 42.9 Å². The number of carbonyl (C=O) groups is 4. The van der Waals surface area contributed by atoms with Crippen molar-refractivity contribution in [2.24, 2.45) is 0 Å². The number of hydrogen-bond acceptors (Lipinski definition) is 9. The third-order valence-electron chi connectivity index (χ3n) is 3.49. The molecule has 1 heterocycles. The van der Waals surface area contributed by atoms with Gasteiger partial charge in [0.25, 0.3) is 0 Å². The van der Waals surface area contributed by atoms with Gasteiger partial charge in [0.05, 0.1) is 0 Å². The molecule has 26 heavy (non-hydrogen) atoms. The van der Waals surface area contributed by atoms with Gasteiger partial charge in [0.1, 0.15) is 18.8 Å². The summed E-state index contributed by atoms with van der Waals surface area (Å²) in [5.41, 5.74) is 0. The van der Waals surface area contributed by atoms with E-state index in [4.69, 9.17) is 23.7 Å². The van der Waals surface area contributed by atoms with Gasteiger partial charge in [-0.15, -0.1) is 6.58 Å². The van der Waals surface area contributed by atoms with Gasteiger partial charge in [0.15, 0.2) is 18.3 Å². The van der Waals surface area contributed by atoms with Crippen LogP contribution in [0.4, 0.5) is 0 Å². The molecule has 0 aliphatic carbocycles. The van der Waals surface area contributed by atoms with Crippen molar-refractivity contribution in [3.8, 4) is 0 Å². The van der Waals surface area contributed by atoms with Crippen LogP contribution in [-0.2, 0) is 42.9 Å². The van der Waals surface area contributed by atoms with Crippen LogP contribution in [0.2, 0.25) is 0 Å². The molecular weight excluding hydrogens is 348 g/mol. The van der Waals surface area contributed by atoms with Gasteiger partial charge < -0.3 is 23.7 Å². The third kappa shape index (κ3) is 6.47. The minimum Gasteiger partial charge on any atom is -0.463 e. The number of hydrogen-bond donors (Lipinski definition) is 0. The van der Waals surface area contributed by atoms with Gasteiger partial charge in [-0.05, 0) is 6.42 Å². The summed E-state index contributed by atoms with van der Waals surface area (Å²) in [6.45, 7) is 8.15. The van der Waals surface area contributed by atoms with Crippen LogP contribution in [0, 0.1) is 0 Å². The number of ether oxygens (including phenoxy) is 5. The smallest absolute Gasteiger partial charge is 0.303 e. The second kappa shape index (κ2) is 9.91. The normalized spacial score (nSPS) is 27.8. The van der Waals surface area contributed by atoms with Crippen LogP contribution in [0.5, 0.6) is 0 Å². The van der Waals surface area contributed by atoms with E-state index in [0.717, 1.165) is 0 Å². The molecule has 9 nitrogen and oxygen atoms in total. The molecule has 0 N–H and O–H groups in total. The number of rotatable bonds is 7. The molecule has 0 bridgehead atoms. The highest BCUT2D eigenvalue weighted by atomic mass is 16.7. The van der Waals surface area contributed by atoms with E-state index in [-0.39, 0.29) is 13.0 Å². The molecule has 0 amide bonds. The van der Waals surface area contributed by atoms with E-state index in [1.807, 2.05) is 0 Å². The van der Waals surface area contributed by atoms with Crippen molar-refractivity contribution >= 4 is 23.9 Å². The van der Waals surface area contributed by atoms with Crippen molar-refractivity contribution in [3.05, 3.63) is 12.7 Å². The molecule has 5 atom stereocenters. The van der Waals surface area contributed by atoms with E-state index in [9.17, 15) is 19.2 Å². The lowest BCUT2D eigenvalue weighted by atomic mass is 9.92. The Morgan fingerprint density at radius 2 is 1.27 bits per heavy atom. The molecule has 0 aromatic carbocycles. The van der Waals surface area contributed by atoms with Gasteiger partial charge in [0, 0.05) is 27.7 Å². The fraction of sp³-hybridized carbons (Fsp3) is 0.647. The molecule has 0 spiro atoms. The van der Waals surface area contributed by atoms with Gasteiger partial charge in [0.2, 0.25) is 0 Å². The Morgan fingerprint density at radius 3 is 1.69 bits per heavy atom. The van der Waals surface area contributed by atoms with Crippen LogP contribution in [0.25, 0.3) is 0 Å². The van der Waals surface area contributed by atoms with E-state index < -0.39 is 54.4 Å². The fourth-order valence-electron chi connectivity index (χ4n) is 2.67. The molecule has 1 fully saturated rings. The predicted octanol–water partition coefficient (Wildman–Crippen LogP) is 0.688. The Bertz CT molecular complexity index is 556. The van der Waals surface area contributed by atoms with Crippen LogP contribution in [0.1, 0.15) is 34.1 Å². The summed E-state index contributed by atoms with van der Waals surface area (Å²) in [6, 6.07) is 0. The molecule has 1 aliphatic rings. The largest absolute Gasteiger partial charge is 0.463 e. The number of esters is 4. The molecular formula is C17H24O9. The highest BCUT2D eigenvalue weighted by molar-refractivity contribution is 5.68. The lowest BCUT2D eigenvalue weighted by Crippen LogP contribution is -2.62. The topological polar surface area (TPSA) is 114 Å². The zero-order chi connectivity index (χ0) is 19.9. The van der Waals surface area contributed by atoms with Crippen LogP contribution < -0.4 is 0 Å². The van der Waals surface area contributed by atoms with E-state index in [1.54, 1.807) is 6.08 Å². The first-order chi connectivity index (χ1) is 12.1. The molecule has 1 saturated heterocycles. The van der Waals surface area contributed by atoms with E-state index in [0.29, 0.717) is 0 Å². The van der Waals surface area contributed by atoms with Crippen LogP contribution >= 0.6 is 0 Å². The molecule has 2 unspecified atom stereocenters. The molecule has 0 saturated carbocycles. The van der Waals surface area contributed by atoms with Crippen molar-refractivity contribution in [1.29, 1.82) is 0 Å². The highest BCUT2D eigenvalue weighted by Crippen LogP contribution is 2.30. The van der Waals surface area contributed by atoms with Gasteiger partial charge in [-0.1, -0.05) is 6.08 Å². The maximum Gasteiger partial charge on any atom is 0.303 e. The quantitative estimate of drug-likeness (QED) is 0.361. The monoisotopic (exact) mass is 372 g/mol. The van der Waals surface area contributed by atoms with Crippen LogP contribution in [-0.4, -0.2) is 61.0 Å². The summed E-state index contributed by atoms with van der Waals surface area (Å²) in [7, 11) is 0.